The zero-order valence-corrected chi connectivity index (χ0v) is 10.2. The topological polar surface area (TPSA) is 109 Å². The summed E-state index contributed by atoms with van der Waals surface area (Å²) in [5, 5.41) is 17.6. The fourth-order valence-electron chi connectivity index (χ4n) is 1.26. The lowest BCUT2D eigenvalue weighted by Crippen LogP contribution is -2.34. The number of carboxylic acid groups (broad SMARTS) is 1. The van der Waals surface area contributed by atoms with E-state index in [1.807, 2.05) is 0 Å². The van der Waals surface area contributed by atoms with Crippen molar-refractivity contribution < 1.29 is 23.4 Å². The summed E-state index contributed by atoms with van der Waals surface area (Å²) in [6, 6.07) is 0.433. The average molecular weight is 262 g/mol. The van der Waals surface area contributed by atoms with Gasteiger partial charge in [-0.1, -0.05) is 0 Å². The number of hydrogen-bond acceptors (Lipinski definition) is 4. The van der Waals surface area contributed by atoms with Crippen LogP contribution in [-0.4, -0.2) is 41.8 Å². The molecule has 0 fully saturated rings. The molecule has 1 aromatic rings. The molecule has 0 amide bonds. The fraction of sp³-hybridized carbons (Fsp3) is 0.444. The number of carbonyl (C=O) groups is 1. The summed E-state index contributed by atoms with van der Waals surface area (Å²) in [6.07, 6.45) is 1.20. The van der Waals surface area contributed by atoms with Gasteiger partial charge in [-0.3, -0.25) is 0 Å². The molecule has 0 aliphatic heterocycles. The van der Waals surface area contributed by atoms with E-state index in [1.165, 1.54) is 24.7 Å². The van der Waals surface area contributed by atoms with Crippen molar-refractivity contribution in [3.63, 3.8) is 0 Å². The van der Waals surface area contributed by atoms with Crippen molar-refractivity contribution in [2.24, 2.45) is 7.05 Å². The van der Waals surface area contributed by atoms with Crippen LogP contribution in [-0.2, 0) is 17.1 Å². The normalized spacial score (nSPS) is 13.6. The number of rotatable bonds is 5. The van der Waals surface area contributed by atoms with Crippen LogP contribution < -0.4 is 4.72 Å². The highest BCUT2D eigenvalue weighted by atomic mass is 32.2. The standard InChI is InChI=1S/C9H14N2O5S/c1-6(5-12)10-17(15,16)7-3-8(9(13)14)11(2)4-7/h3-4,6,10,12H,5H2,1-2H3,(H,13,14)/t6-/m1/s1. The van der Waals surface area contributed by atoms with Crippen molar-refractivity contribution in [2.75, 3.05) is 6.61 Å². The number of sulfonamides is 1. The second-order valence-corrected chi connectivity index (χ2v) is 5.40. The quantitative estimate of drug-likeness (QED) is 0.655. The Kier molecular flexibility index (Phi) is 3.91. The molecular weight excluding hydrogens is 248 g/mol. The van der Waals surface area contributed by atoms with Crippen LogP contribution in [0, 0.1) is 0 Å². The predicted molar refractivity (Wildman–Crippen MR) is 59.2 cm³/mol. The Morgan fingerprint density at radius 2 is 2.18 bits per heavy atom. The summed E-state index contributed by atoms with van der Waals surface area (Å²) in [5.41, 5.74) is -0.123. The minimum atomic E-state index is -3.80. The van der Waals surface area contributed by atoms with E-state index >= 15 is 0 Å². The molecule has 0 radical (unpaired) electrons. The van der Waals surface area contributed by atoms with Crippen molar-refractivity contribution in [1.29, 1.82) is 0 Å². The van der Waals surface area contributed by atoms with Gasteiger partial charge in [0.2, 0.25) is 10.0 Å². The van der Waals surface area contributed by atoms with Gasteiger partial charge in [-0.05, 0) is 13.0 Å². The molecule has 0 aromatic carbocycles. The van der Waals surface area contributed by atoms with Crippen LogP contribution >= 0.6 is 0 Å². The molecule has 1 heterocycles. The maximum Gasteiger partial charge on any atom is 0.352 e. The first-order valence-corrected chi connectivity index (χ1v) is 6.29. The molecule has 0 spiro atoms. The third kappa shape index (κ3) is 3.05. The van der Waals surface area contributed by atoms with Gasteiger partial charge >= 0.3 is 5.97 Å². The maximum atomic E-state index is 11.8. The van der Waals surface area contributed by atoms with Crippen LogP contribution in [0.2, 0.25) is 0 Å². The molecule has 0 saturated heterocycles. The molecular formula is C9H14N2O5S. The van der Waals surface area contributed by atoms with E-state index in [2.05, 4.69) is 4.72 Å². The summed E-state index contributed by atoms with van der Waals surface area (Å²) < 4.78 is 26.9. The fourth-order valence-corrected chi connectivity index (χ4v) is 2.57. The van der Waals surface area contributed by atoms with E-state index in [4.69, 9.17) is 10.2 Å². The number of hydrogen-bond donors (Lipinski definition) is 3. The molecule has 0 saturated carbocycles. The second-order valence-electron chi connectivity index (χ2n) is 3.68. The summed E-state index contributed by atoms with van der Waals surface area (Å²) in [5.74, 6) is -1.20. The Morgan fingerprint density at radius 3 is 2.59 bits per heavy atom. The van der Waals surface area contributed by atoms with Crippen molar-refractivity contribution >= 4 is 16.0 Å². The van der Waals surface area contributed by atoms with Gasteiger partial charge in [0.05, 0.1) is 6.61 Å². The van der Waals surface area contributed by atoms with Crippen LogP contribution in [0.1, 0.15) is 17.4 Å². The molecule has 7 nitrogen and oxygen atoms in total. The highest BCUT2D eigenvalue weighted by molar-refractivity contribution is 7.89. The lowest BCUT2D eigenvalue weighted by Gasteiger charge is -2.09. The lowest BCUT2D eigenvalue weighted by molar-refractivity contribution is 0.0686. The van der Waals surface area contributed by atoms with Crippen LogP contribution in [0.4, 0.5) is 0 Å². The Bertz CT molecular complexity index is 519. The number of aliphatic hydroxyl groups is 1. The van der Waals surface area contributed by atoms with Crippen molar-refractivity contribution in [2.45, 2.75) is 17.9 Å². The highest BCUT2D eigenvalue weighted by Crippen LogP contribution is 2.13. The zero-order valence-electron chi connectivity index (χ0n) is 9.41. The van der Waals surface area contributed by atoms with Crippen molar-refractivity contribution in [3.8, 4) is 0 Å². The second kappa shape index (κ2) is 4.86. The number of aromatic nitrogens is 1. The van der Waals surface area contributed by atoms with E-state index in [0.29, 0.717) is 0 Å². The first-order chi connectivity index (χ1) is 7.77. The number of nitrogens with zero attached hydrogens (tertiary/aromatic N) is 1. The first-order valence-electron chi connectivity index (χ1n) is 4.80. The van der Waals surface area contributed by atoms with E-state index in [9.17, 15) is 13.2 Å². The molecule has 17 heavy (non-hydrogen) atoms. The molecule has 0 aliphatic carbocycles. The van der Waals surface area contributed by atoms with E-state index in [1.54, 1.807) is 0 Å². The Morgan fingerprint density at radius 1 is 1.59 bits per heavy atom. The smallest absolute Gasteiger partial charge is 0.352 e. The van der Waals surface area contributed by atoms with Gasteiger partial charge in [0.1, 0.15) is 10.6 Å². The third-order valence-corrected chi connectivity index (χ3v) is 3.70. The average Bonchev–Trinajstić information content (AvgIpc) is 2.60. The van der Waals surface area contributed by atoms with Gasteiger partial charge < -0.3 is 14.8 Å². The number of carboxylic acids is 1. The molecule has 1 aromatic heterocycles. The van der Waals surface area contributed by atoms with Crippen LogP contribution in [0.15, 0.2) is 17.2 Å². The van der Waals surface area contributed by atoms with Gasteiger partial charge in [0.25, 0.3) is 0 Å². The monoisotopic (exact) mass is 262 g/mol. The Labute approximate surface area is 98.7 Å². The largest absolute Gasteiger partial charge is 0.477 e. The summed E-state index contributed by atoms with van der Waals surface area (Å²) in [4.78, 5) is 10.6. The van der Waals surface area contributed by atoms with Gasteiger partial charge in [0.15, 0.2) is 0 Å². The van der Waals surface area contributed by atoms with Crippen molar-refractivity contribution in [1.82, 2.24) is 9.29 Å². The van der Waals surface area contributed by atoms with Crippen molar-refractivity contribution in [3.05, 3.63) is 18.0 Å². The Balaban J connectivity index is 3.08. The minimum Gasteiger partial charge on any atom is -0.477 e. The number of aliphatic hydroxyl groups excluding tert-OH is 1. The van der Waals surface area contributed by atoms with Crippen LogP contribution in [0.5, 0.6) is 0 Å². The molecule has 0 bridgehead atoms. The van der Waals surface area contributed by atoms with Crippen LogP contribution in [0.25, 0.3) is 0 Å². The maximum absolute atomic E-state index is 11.8. The van der Waals surface area contributed by atoms with Gasteiger partial charge in [-0.25, -0.2) is 17.9 Å². The molecule has 8 heteroatoms. The molecule has 1 atom stereocenters. The molecule has 1 rings (SSSR count). The minimum absolute atomic E-state index is 0.123. The first kappa shape index (κ1) is 13.7. The zero-order chi connectivity index (χ0) is 13.2. The van der Waals surface area contributed by atoms with Gasteiger partial charge in [0, 0.05) is 19.3 Å². The van der Waals surface area contributed by atoms with E-state index in [-0.39, 0.29) is 17.2 Å². The van der Waals surface area contributed by atoms with E-state index in [0.717, 1.165) is 6.07 Å². The molecule has 0 aliphatic rings. The predicted octanol–water partition coefficient (Wildman–Crippen LogP) is -0.618. The Hall–Kier alpha value is -1.38. The number of aromatic carboxylic acids is 1. The third-order valence-electron chi connectivity index (χ3n) is 2.14. The van der Waals surface area contributed by atoms with Gasteiger partial charge in [-0.2, -0.15) is 0 Å². The summed E-state index contributed by atoms with van der Waals surface area (Å²) in [7, 11) is -2.36. The highest BCUT2D eigenvalue weighted by Gasteiger charge is 2.21. The van der Waals surface area contributed by atoms with Crippen LogP contribution in [0.3, 0.4) is 0 Å². The number of nitrogens with one attached hydrogen (secondary N) is 1. The van der Waals surface area contributed by atoms with E-state index < -0.39 is 22.0 Å². The van der Waals surface area contributed by atoms with Gasteiger partial charge in [-0.15, -0.1) is 0 Å². The molecule has 96 valence electrons. The SMILES string of the molecule is C[C@H](CO)NS(=O)(=O)c1cc(C(=O)O)n(C)c1. The lowest BCUT2D eigenvalue weighted by atomic mass is 10.4. The molecule has 0 unspecified atom stereocenters. The summed E-state index contributed by atoms with van der Waals surface area (Å²) in [6.45, 7) is 1.16. The molecule has 3 N–H and O–H groups in total. The summed E-state index contributed by atoms with van der Waals surface area (Å²) >= 11 is 0. The number of aryl methyl sites for hydroxylation is 1.